The van der Waals surface area contributed by atoms with Crippen molar-refractivity contribution in [3.8, 4) is 0 Å². The smallest absolute Gasteiger partial charge is 0.345 e. The summed E-state index contributed by atoms with van der Waals surface area (Å²) < 4.78 is 0. The Morgan fingerprint density at radius 2 is 2.12 bits per heavy atom. The minimum absolute atomic E-state index is 0.411. The Morgan fingerprint density at radius 3 is 2.62 bits per heavy atom. The Labute approximate surface area is 100 Å². The molecule has 0 aliphatic carbocycles. The summed E-state index contributed by atoms with van der Waals surface area (Å²) in [6.07, 6.45) is 0. The van der Waals surface area contributed by atoms with Crippen LogP contribution < -0.4 is 5.32 Å². The van der Waals surface area contributed by atoms with E-state index in [1.54, 1.807) is 6.07 Å². The van der Waals surface area contributed by atoms with Crippen LogP contribution in [0.4, 0.5) is 0 Å². The number of carboxylic acids is 1. The highest BCUT2D eigenvalue weighted by Gasteiger charge is 2.08. The normalized spacial score (nSPS) is 13.0. The molecule has 1 aromatic rings. The third-order valence-corrected chi connectivity index (χ3v) is 3.85. The number of carbonyl (C=O) groups is 1. The number of hydrogen-bond donors (Lipinski definition) is 2. The van der Waals surface area contributed by atoms with Crippen molar-refractivity contribution in [1.82, 2.24) is 5.32 Å². The quantitative estimate of drug-likeness (QED) is 0.805. The van der Waals surface area contributed by atoms with E-state index in [0.29, 0.717) is 16.7 Å². The number of aromatic carboxylic acids is 1. The molecule has 1 unspecified atom stereocenters. The predicted molar refractivity (Wildman–Crippen MR) is 67.0 cm³/mol. The fraction of sp³-hybridized carbons (Fsp3) is 0.583. The minimum Gasteiger partial charge on any atom is -0.477 e. The van der Waals surface area contributed by atoms with Gasteiger partial charge < -0.3 is 10.4 Å². The maximum Gasteiger partial charge on any atom is 0.345 e. The molecule has 4 heteroatoms. The molecule has 0 radical (unpaired) electrons. The van der Waals surface area contributed by atoms with Crippen LogP contribution in [0.5, 0.6) is 0 Å². The summed E-state index contributed by atoms with van der Waals surface area (Å²) in [4.78, 5) is 12.2. The van der Waals surface area contributed by atoms with Gasteiger partial charge in [-0.25, -0.2) is 4.79 Å². The fourth-order valence-corrected chi connectivity index (χ4v) is 2.06. The first-order valence-electron chi connectivity index (χ1n) is 5.53. The van der Waals surface area contributed by atoms with Crippen LogP contribution >= 0.6 is 11.3 Å². The Morgan fingerprint density at radius 1 is 1.44 bits per heavy atom. The number of thiophene rings is 1. The molecule has 1 aromatic heterocycles. The molecule has 2 N–H and O–H groups in total. The maximum atomic E-state index is 10.7. The lowest BCUT2D eigenvalue weighted by atomic mass is 9.98. The van der Waals surface area contributed by atoms with Crippen LogP contribution in [-0.2, 0) is 6.54 Å². The Hall–Kier alpha value is -0.870. The van der Waals surface area contributed by atoms with Crippen molar-refractivity contribution in [1.29, 1.82) is 0 Å². The van der Waals surface area contributed by atoms with E-state index in [9.17, 15) is 4.79 Å². The first kappa shape index (κ1) is 13.2. The van der Waals surface area contributed by atoms with Gasteiger partial charge in [0.2, 0.25) is 0 Å². The summed E-state index contributed by atoms with van der Waals surface area (Å²) in [5.74, 6) is 0.469. The SMILES string of the molecule is CC(C)C(C)CNCc1ccc(C(=O)O)s1. The maximum absolute atomic E-state index is 10.7. The molecule has 1 rings (SSSR count). The van der Waals surface area contributed by atoms with Gasteiger partial charge in [0.25, 0.3) is 0 Å². The van der Waals surface area contributed by atoms with Crippen LogP contribution in [0.25, 0.3) is 0 Å². The number of nitrogens with one attached hydrogen (secondary N) is 1. The second-order valence-electron chi connectivity index (χ2n) is 4.42. The first-order chi connectivity index (χ1) is 7.50. The van der Waals surface area contributed by atoms with Crippen molar-refractivity contribution in [2.75, 3.05) is 6.54 Å². The van der Waals surface area contributed by atoms with E-state index in [0.717, 1.165) is 18.0 Å². The standard InChI is InChI=1S/C12H19NO2S/c1-8(2)9(3)6-13-7-10-4-5-11(16-10)12(14)15/h4-5,8-9,13H,6-7H2,1-3H3,(H,14,15). The van der Waals surface area contributed by atoms with Crippen LogP contribution in [0.15, 0.2) is 12.1 Å². The Kier molecular flexibility index (Phi) is 4.96. The number of hydrogen-bond acceptors (Lipinski definition) is 3. The average molecular weight is 241 g/mol. The average Bonchev–Trinajstić information content (AvgIpc) is 2.66. The van der Waals surface area contributed by atoms with E-state index < -0.39 is 5.97 Å². The van der Waals surface area contributed by atoms with E-state index >= 15 is 0 Å². The van der Waals surface area contributed by atoms with Crippen molar-refractivity contribution in [2.24, 2.45) is 11.8 Å². The molecule has 0 aliphatic heterocycles. The second kappa shape index (κ2) is 6.01. The molecule has 0 aromatic carbocycles. The van der Waals surface area contributed by atoms with Crippen LogP contribution in [0.3, 0.4) is 0 Å². The zero-order valence-electron chi connectivity index (χ0n) is 9.99. The molecule has 16 heavy (non-hydrogen) atoms. The van der Waals surface area contributed by atoms with E-state index in [4.69, 9.17) is 5.11 Å². The topological polar surface area (TPSA) is 49.3 Å². The van der Waals surface area contributed by atoms with Gasteiger partial charge in [-0.2, -0.15) is 0 Å². The van der Waals surface area contributed by atoms with E-state index in [1.807, 2.05) is 6.07 Å². The van der Waals surface area contributed by atoms with Crippen molar-refractivity contribution in [2.45, 2.75) is 27.3 Å². The zero-order chi connectivity index (χ0) is 12.1. The van der Waals surface area contributed by atoms with Gasteiger partial charge in [-0.05, 0) is 30.5 Å². The van der Waals surface area contributed by atoms with E-state index in [-0.39, 0.29) is 0 Å². The van der Waals surface area contributed by atoms with Crippen LogP contribution in [0, 0.1) is 11.8 Å². The van der Waals surface area contributed by atoms with Gasteiger partial charge in [-0.3, -0.25) is 0 Å². The highest BCUT2D eigenvalue weighted by atomic mass is 32.1. The molecule has 0 bridgehead atoms. The molecule has 90 valence electrons. The van der Waals surface area contributed by atoms with Crippen molar-refractivity contribution in [3.63, 3.8) is 0 Å². The Bertz CT molecular complexity index is 347. The molecule has 3 nitrogen and oxygen atoms in total. The van der Waals surface area contributed by atoms with E-state index in [1.165, 1.54) is 11.3 Å². The summed E-state index contributed by atoms with van der Waals surface area (Å²) in [5, 5.41) is 12.1. The summed E-state index contributed by atoms with van der Waals surface area (Å²) in [7, 11) is 0. The van der Waals surface area contributed by atoms with Gasteiger partial charge in [0.15, 0.2) is 0 Å². The van der Waals surface area contributed by atoms with E-state index in [2.05, 4.69) is 26.1 Å². The molecule has 0 saturated heterocycles. The number of carboxylic acid groups (broad SMARTS) is 1. The summed E-state index contributed by atoms with van der Waals surface area (Å²) in [6.45, 7) is 8.36. The summed E-state index contributed by atoms with van der Waals surface area (Å²) >= 11 is 1.34. The molecule has 0 spiro atoms. The van der Waals surface area contributed by atoms with Gasteiger partial charge >= 0.3 is 5.97 Å². The highest BCUT2D eigenvalue weighted by Crippen LogP contribution is 2.16. The third-order valence-electron chi connectivity index (χ3n) is 2.78. The van der Waals surface area contributed by atoms with Gasteiger partial charge in [0, 0.05) is 11.4 Å². The van der Waals surface area contributed by atoms with Gasteiger partial charge in [0.05, 0.1) is 0 Å². The third kappa shape index (κ3) is 3.94. The molecule has 0 aliphatic rings. The largest absolute Gasteiger partial charge is 0.477 e. The van der Waals surface area contributed by atoms with Gasteiger partial charge in [-0.15, -0.1) is 11.3 Å². The lowest BCUT2D eigenvalue weighted by Gasteiger charge is -2.15. The van der Waals surface area contributed by atoms with Crippen LogP contribution in [-0.4, -0.2) is 17.6 Å². The highest BCUT2D eigenvalue weighted by molar-refractivity contribution is 7.13. The molecule has 0 saturated carbocycles. The molecular weight excluding hydrogens is 222 g/mol. The molecule has 1 atom stereocenters. The lowest BCUT2D eigenvalue weighted by molar-refractivity contribution is 0.0702. The minimum atomic E-state index is -0.841. The van der Waals surface area contributed by atoms with Gasteiger partial charge in [-0.1, -0.05) is 20.8 Å². The second-order valence-corrected chi connectivity index (χ2v) is 5.59. The monoisotopic (exact) mass is 241 g/mol. The van der Waals surface area contributed by atoms with Gasteiger partial charge in [0.1, 0.15) is 4.88 Å². The summed E-state index contributed by atoms with van der Waals surface area (Å²) in [6, 6.07) is 3.54. The first-order valence-corrected chi connectivity index (χ1v) is 6.35. The number of rotatable bonds is 6. The summed E-state index contributed by atoms with van der Waals surface area (Å²) in [5.41, 5.74) is 0. The van der Waals surface area contributed by atoms with Crippen molar-refractivity contribution < 1.29 is 9.90 Å². The lowest BCUT2D eigenvalue weighted by Crippen LogP contribution is -2.23. The van der Waals surface area contributed by atoms with Crippen molar-refractivity contribution in [3.05, 3.63) is 21.9 Å². The molecule has 0 fully saturated rings. The van der Waals surface area contributed by atoms with Crippen LogP contribution in [0.1, 0.15) is 35.3 Å². The van der Waals surface area contributed by atoms with Crippen LogP contribution in [0.2, 0.25) is 0 Å². The predicted octanol–water partition coefficient (Wildman–Crippen LogP) is 2.83. The molecular formula is C12H19NO2S. The zero-order valence-corrected chi connectivity index (χ0v) is 10.8. The Balaban J connectivity index is 2.35. The molecule has 0 amide bonds. The molecule has 1 heterocycles. The van der Waals surface area contributed by atoms with Crippen molar-refractivity contribution >= 4 is 17.3 Å². The fourth-order valence-electron chi connectivity index (χ4n) is 1.25.